The van der Waals surface area contributed by atoms with E-state index in [0.717, 1.165) is 16.7 Å². The van der Waals surface area contributed by atoms with Gasteiger partial charge < -0.3 is 20.1 Å². The van der Waals surface area contributed by atoms with Crippen LogP contribution in [0.2, 0.25) is 0 Å². The summed E-state index contributed by atoms with van der Waals surface area (Å²) in [6, 6.07) is 4.87. The molecule has 2 heterocycles. The van der Waals surface area contributed by atoms with Crippen LogP contribution in [0.3, 0.4) is 0 Å². The number of aromatic nitrogens is 1. The molecule has 1 aromatic heterocycles. The predicted octanol–water partition coefficient (Wildman–Crippen LogP) is 1.30. The Morgan fingerprint density at radius 1 is 1.20 bits per heavy atom. The van der Waals surface area contributed by atoms with Gasteiger partial charge in [-0.3, -0.25) is 4.98 Å². The van der Waals surface area contributed by atoms with Crippen molar-refractivity contribution in [1.82, 2.24) is 4.98 Å². The summed E-state index contributed by atoms with van der Waals surface area (Å²) in [6.07, 6.45) is 3.68. The van der Waals surface area contributed by atoms with E-state index < -0.39 is 5.60 Å². The van der Waals surface area contributed by atoms with Crippen molar-refractivity contribution in [2.75, 3.05) is 6.61 Å². The van der Waals surface area contributed by atoms with Gasteiger partial charge in [0.05, 0.1) is 6.20 Å². The average Bonchev–Trinajstić information content (AvgIpc) is 2.71. The van der Waals surface area contributed by atoms with Crippen LogP contribution in [0.1, 0.15) is 22.6 Å². The van der Waals surface area contributed by atoms with Crippen LogP contribution in [0.15, 0.2) is 30.6 Å². The minimum atomic E-state index is -1.04. The first-order chi connectivity index (χ1) is 9.58. The van der Waals surface area contributed by atoms with Crippen LogP contribution in [0, 0.1) is 0 Å². The molecular weight excluding hydrogens is 258 g/mol. The molecule has 2 atom stereocenters. The van der Waals surface area contributed by atoms with Crippen molar-refractivity contribution in [1.29, 1.82) is 0 Å². The molecule has 5 heteroatoms. The van der Waals surface area contributed by atoms with Gasteiger partial charge in [0.1, 0.15) is 18.0 Å². The van der Waals surface area contributed by atoms with Crippen LogP contribution in [-0.2, 0) is 6.42 Å². The molecule has 5 nitrogen and oxygen atoms in total. The Hall–Kier alpha value is -2.27. The summed E-state index contributed by atoms with van der Waals surface area (Å²) in [6.45, 7) is 0.173. The molecule has 0 spiro atoms. The van der Waals surface area contributed by atoms with E-state index in [2.05, 4.69) is 4.98 Å². The van der Waals surface area contributed by atoms with Gasteiger partial charge in [-0.1, -0.05) is 0 Å². The first-order valence-electron chi connectivity index (χ1n) is 6.42. The Morgan fingerprint density at radius 3 is 2.85 bits per heavy atom. The Kier molecular flexibility index (Phi) is 2.10. The number of nitrogens with zero attached hydrogens (tertiary/aromatic N) is 1. The van der Waals surface area contributed by atoms with Crippen LogP contribution in [0.25, 0.3) is 0 Å². The molecule has 0 radical (unpaired) electrons. The van der Waals surface area contributed by atoms with E-state index in [4.69, 9.17) is 4.74 Å². The van der Waals surface area contributed by atoms with Crippen molar-refractivity contribution in [3.8, 4) is 17.2 Å². The number of rotatable bonds is 0. The summed E-state index contributed by atoms with van der Waals surface area (Å²) in [7, 11) is 0. The molecule has 0 saturated heterocycles. The molecule has 1 aliphatic carbocycles. The van der Waals surface area contributed by atoms with Gasteiger partial charge in [-0.05, 0) is 29.3 Å². The van der Waals surface area contributed by atoms with Gasteiger partial charge in [0, 0.05) is 24.1 Å². The summed E-state index contributed by atoms with van der Waals surface area (Å²) in [5.74, 6) is 0.0512. The molecule has 2 aliphatic rings. The van der Waals surface area contributed by atoms with E-state index in [1.54, 1.807) is 12.4 Å². The van der Waals surface area contributed by atoms with Gasteiger partial charge in [-0.25, -0.2) is 0 Å². The van der Waals surface area contributed by atoms with E-state index in [-0.39, 0.29) is 24.0 Å². The van der Waals surface area contributed by atoms with Gasteiger partial charge in [0.15, 0.2) is 11.5 Å². The summed E-state index contributed by atoms with van der Waals surface area (Å²) >= 11 is 0. The summed E-state index contributed by atoms with van der Waals surface area (Å²) < 4.78 is 5.59. The van der Waals surface area contributed by atoms with Crippen LogP contribution >= 0.6 is 0 Å². The van der Waals surface area contributed by atoms with E-state index >= 15 is 0 Å². The van der Waals surface area contributed by atoms with Crippen molar-refractivity contribution in [3.05, 3.63) is 47.3 Å². The molecule has 3 N–H and O–H groups in total. The number of aromatic hydroxyl groups is 2. The van der Waals surface area contributed by atoms with E-state index in [9.17, 15) is 15.3 Å². The molecule has 2 aromatic rings. The summed E-state index contributed by atoms with van der Waals surface area (Å²) in [5.41, 5.74) is 1.48. The quantitative estimate of drug-likeness (QED) is 0.629. The Labute approximate surface area is 115 Å². The van der Waals surface area contributed by atoms with Gasteiger partial charge in [0.2, 0.25) is 0 Å². The lowest BCUT2D eigenvalue weighted by atomic mass is 9.81. The van der Waals surface area contributed by atoms with Crippen molar-refractivity contribution in [2.45, 2.75) is 17.9 Å². The number of phenols is 2. The third-order valence-electron chi connectivity index (χ3n) is 4.19. The van der Waals surface area contributed by atoms with Gasteiger partial charge in [-0.15, -0.1) is 0 Å². The topological polar surface area (TPSA) is 82.8 Å². The standard InChI is InChI=1S/C15H13NO4/c17-11-3-8-5-15(19)7-20-13-6-16-2-1-9(13)14(15)10(8)4-12(11)18/h1-4,6,14,17-19H,5,7H2/t14-,15+/m0/s1. The number of phenolic OH excluding ortho intramolecular Hbond substituents is 2. The maximum absolute atomic E-state index is 10.9. The minimum absolute atomic E-state index is 0.165. The molecule has 0 unspecified atom stereocenters. The molecule has 0 saturated carbocycles. The highest BCUT2D eigenvalue weighted by Gasteiger charge is 2.50. The normalized spacial score (nSPS) is 26.4. The second-order valence-corrected chi connectivity index (χ2v) is 5.46. The molecule has 0 amide bonds. The maximum atomic E-state index is 10.9. The SMILES string of the molecule is Oc1cc2c(cc1O)[C@@H]1c3ccncc3OC[C@]1(O)C2. The molecule has 102 valence electrons. The number of ether oxygens (including phenoxy) is 1. The predicted molar refractivity (Wildman–Crippen MR) is 70.0 cm³/mol. The lowest BCUT2D eigenvalue weighted by Crippen LogP contribution is -2.43. The van der Waals surface area contributed by atoms with Crippen molar-refractivity contribution >= 4 is 0 Å². The minimum Gasteiger partial charge on any atom is -0.504 e. The first kappa shape index (κ1) is 11.5. The van der Waals surface area contributed by atoms with Gasteiger partial charge in [0.25, 0.3) is 0 Å². The van der Waals surface area contributed by atoms with Crippen molar-refractivity contribution in [3.63, 3.8) is 0 Å². The molecule has 4 rings (SSSR count). The zero-order valence-corrected chi connectivity index (χ0v) is 10.6. The zero-order chi connectivity index (χ0) is 13.9. The zero-order valence-electron chi connectivity index (χ0n) is 10.6. The smallest absolute Gasteiger partial charge is 0.157 e. The number of pyridine rings is 1. The Morgan fingerprint density at radius 2 is 2.00 bits per heavy atom. The van der Waals surface area contributed by atoms with Gasteiger partial charge in [-0.2, -0.15) is 0 Å². The maximum Gasteiger partial charge on any atom is 0.157 e. The highest BCUT2D eigenvalue weighted by Crippen LogP contribution is 2.52. The van der Waals surface area contributed by atoms with Crippen LogP contribution in [0.4, 0.5) is 0 Å². The van der Waals surface area contributed by atoms with E-state index in [1.165, 1.54) is 12.1 Å². The molecule has 1 aliphatic heterocycles. The van der Waals surface area contributed by atoms with Crippen molar-refractivity contribution < 1.29 is 20.1 Å². The highest BCUT2D eigenvalue weighted by atomic mass is 16.5. The lowest BCUT2D eigenvalue weighted by molar-refractivity contribution is -0.0219. The Bertz CT molecular complexity index is 715. The lowest BCUT2D eigenvalue weighted by Gasteiger charge is -2.36. The van der Waals surface area contributed by atoms with Crippen LogP contribution < -0.4 is 4.74 Å². The number of hydrogen-bond donors (Lipinski definition) is 3. The highest BCUT2D eigenvalue weighted by molar-refractivity contribution is 5.57. The number of fused-ring (bicyclic) bond motifs is 5. The summed E-state index contributed by atoms with van der Waals surface area (Å²) in [4.78, 5) is 4.03. The molecule has 0 fully saturated rings. The van der Waals surface area contributed by atoms with E-state index in [1.807, 2.05) is 6.07 Å². The number of hydrogen-bond acceptors (Lipinski definition) is 5. The summed E-state index contributed by atoms with van der Waals surface area (Å²) in [5, 5.41) is 30.2. The molecular formula is C15H13NO4. The second kappa shape index (κ2) is 3.64. The van der Waals surface area contributed by atoms with Crippen LogP contribution in [-0.4, -0.2) is 32.5 Å². The third-order valence-corrected chi connectivity index (χ3v) is 4.19. The van der Waals surface area contributed by atoms with Gasteiger partial charge >= 0.3 is 0 Å². The van der Waals surface area contributed by atoms with Crippen LogP contribution in [0.5, 0.6) is 17.2 Å². The number of benzene rings is 1. The molecule has 1 aromatic carbocycles. The first-order valence-corrected chi connectivity index (χ1v) is 6.42. The molecule has 20 heavy (non-hydrogen) atoms. The largest absolute Gasteiger partial charge is 0.504 e. The monoisotopic (exact) mass is 271 g/mol. The Balaban J connectivity index is 1.96. The van der Waals surface area contributed by atoms with E-state index in [0.29, 0.717) is 12.2 Å². The van der Waals surface area contributed by atoms with Crippen molar-refractivity contribution in [2.24, 2.45) is 0 Å². The number of aliphatic hydroxyl groups is 1. The third kappa shape index (κ3) is 1.38. The fraction of sp³-hybridized carbons (Fsp3) is 0.267. The molecule has 0 bridgehead atoms. The second-order valence-electron chi connectivity index (χ2n) is 5.46. The fourth-order valence-corrected chi connectivity index (χ4v) is 3.32. The average molecular weight is 271 g/mol. The fourth-order valence-electron chi connectivity index (χ4n) is 3.32.